The molecule has 0 amide bonds. The zero-order chi connectivity index (χ0) is 12.1. The monoisotopic (exact) mass is 298 g/mol. The maximum absolute atomic E-state index is 11.4. The molecule has 0 spiro atoms. The van der Waals surface area contributed by atoms with Crippen molar-refractivity contribution < 1.29 is 9.53 Å². The predicted molar refractivity (Wildman–Crippen MR) is 69.8 cm³/mol. The minimum atomic E-state index is -0.340. The van der Waals surface area contributed by atoms with Crippen LogP contribution in [0.4, 0.5) is 0 Å². The molecule has 0 fully saturated rings. The molecule has 0 radical (unpaired) electrons. The first-order valence-electron chi connectivity index (χ1n) is 4.69. The summed E-state index contributed by atoms with van der Waals surface area (Å²) in [5.41, 5.74) is 0.710. The van der Waals surface area contributed by atoms with E-state index in [1.807, 2.05) is 0 Å². The Morgan fingerprint density at radius 2 is 2.00 bits per heavy atom. The number of hydrogen-bond acceptors (Lipinski definition) is 4. The highest BCUT2D eigenvalue weighted by Gasteiger charge is 2.11. The fourth-order valence-electron chi connectivity index (χ4n) is 0.995. The fourth-order valence-corrected chi connectivity index (χ4v) is 1.50. The van der Waals surface area contributed by atoms with Crippen molar-refractivity contribution in [3.8, 4) is 0 Å². The molecule has 1 atom stereocenters. The molecular weight excluding hydrogens is 286 g/mol. The van der Waals surface area contributed by atoms with Crippen LogP contribution >= 0.6 is 35.6 Å². The van der Waals surface area contributed by atoms with Gasteiger partial charge >= 0.3 is 5.97 Å². The van der Waals surface area contributed by atoms with Crippen molar-refractivity contribution in [1.29, 1.82) is 0 Å². The van der Waals surface area contributed by atoms with Gasteiger partial charge in [-0.05, 0) is 31.7 Å². The first-order chi connectivity index (χ1) is 7.52. The maximum atomic E-state index is 11.4. The Kier molecular flexibility index (Phi) is 7.46. The number of esters is 1. The normalized spacial score (nSPS) is 11.5. The van der Waals surface area contributed by atoms with Crippen molar-refractivity contribution in [3.63, 3.8) is 0 Å². The lowest BCUT2D eigenvalue weighted by atomic mass is 10.3. The molecule has 1 aromatic heterocycles. The summed E-state index contributed by atoms with van der Waals surface area (Å²) in [7, 11) is 1.69. The number of nitrogens with one attached hydrogen (secondary N) is 1. The van der Waals surface area contributed by atoms with E-state index in [4.69, 9.17) is 27.9 Å². The molecule has 0 bridgehead atoms. The summed E-state index contributed by atoms with van der Waals surface area (Å²) in [6.45, 7) is 1.85. The third-order valence-electron chi connectivity index (χ3n) is 1.99. The van der Waals surface area contributed by atoms with Crippen molar-refractivity contribution in [1.82, 2.24) is 10.3 Å². The SMILES string of the molecule is CN[C@@H](C)C(=O)OCc1cc(Cl)nc(Cl)c1.Cl. The van der Waals surface area contributed by atoms with Gasteiger partial charge in [0.25, 0.3) is 0 Å². The summed E-state index contributed by atoms with van der Waals surface area (Å²) in [5, 5.41) is 3.34. The number of ether oxygens (including phenoxy) is 1. The van der Waals surface area contributed by atoms with E-state index in [0.717, 1.165) is 0 Å². The maximum Gasteiger partial charge on any atom is 0.323 e. The second kappa shape index (κ2) is 7.71. The lowest BCUT2D eigenvalue weighted by molar-refractivity contribution is -0.146. The van der Waals surface area contributed by atoms with Crippen LogP contribution < -0.4 is 5.32 Å². The molecule has 0 saturated carbocycles. The predicted octanol–water partition coefficient (Wildman–Crippen LogP) is 2.46. The van der Waals surface area contributed by atoms with Crippen LogP contribution in [0.15, 0.2) is 12.1 Å². The molecule has 1 rings (SSSR count). The first-order valence-corrected chi connectivity index (χ1v) is 5.44. The van der Waals surface area contributed by atoms with Gasteiger partial charge in [0.1, 0.15) is 23.0 Å². The van der Waals surface area contributed by atoms with Crippen molar-refractivity contribution in [2.75, 3.05) is 7.05 Å². The van der Waals surface area contributed by atoms with Gasteiger partial charge in [-0.3, -0.25) is 4.79 Å². The van der Waals surface area contributed by atoms with Crippen LogP contribution in [0.2, 0.25) is 10.3 Å². The van der Waals surface area contributed by atoms with E-state index in [-0.39, 0.29) is 41.3 Å². The summed E-state index contributed by atoms with van der Waals surface area (Å²) in [5.74, 6) is -0.327. The zero-order valence-corrected chi connectivity index (χ0v) is 11.7. The summed E-state index contributed by atoms with van der Waals surface area (Å²) < 4.78 is 5.04. The highest BCUT2D eigenvalue weighted by Crippen LogP contribution is 2.15. The van der Waals surface area contributed by atoms with Crippen LogP contribution in [0.3, 0.4) is 0 Å². The Bertz CT molecular complexity index is 368. The number of hydrogen-bond donors (Lipinski definition) is 1. The van der Waals surface area contributed by atoms with Crippen molar-refractivity contribution in [3.05, 3.63) is 28.0 Å². The number of carbonyl (C=O) groups excluding carboxylic acids is 1. The third kappa shape index (κ3) is 5.55. The number of nitrogens with zero attached hydrogens (tertiary/aromatic N) is 1. The quantitative estimate of drug-likeness (QED) is 0.685. The van der Waals surface area contributed by atoms with E-state index in [1.165, 1.54) is 0 Å². The molecule has 0 aromatic carbocycles. The van der Waals surface area contributed by atoms with Crippen LogP contribution in [-0.2, 0) is 16.1 Å². The Labute approximate surface area is 116 Å². The molecule has 1 heterocycles. The second-order valence-electron chi connectivity index (χ2n) is 3.24. The van der Waals surface area contributed by atoms with Gasteiger partial charge in [-0.2, -0.15) is 0 Å². The molecule has 0 aliphatic carbocycles. The molecule has 1 aromatic rings. The van der Waals surface area contributed by atoms with Crippen molar-refractivity contribution >= 4 is 41.6 Å². The minimum Gasteiger partial charge on any atom is -0.460 e. The van der Waals surface area contributed by atoms with Crippen LogP contribution in [0.1, 0.15) is 12.5 Å². The van der Waals surface area contributed by atoms with Crippen LogP contribution in [0.25, 0.3) is 0 Å². The standard InChI is InChI=1S/C10H12Cl2N2O2.ClH/c1-6(13-2)10(15)16-5-7-3-8(11)14-9(12)4-7;/h3-4,6,13H,5H2,1-2H3;1H/t6-;/m0./s1. The number of carbonyl (C=O) groups is 1. The average molecular weight is 300 g/mol. The van der Waals surface area contributed by atoms with Crippen LogP contribution in [0.5, 0.6) is 0 Å². The Hall–Kier alpha value is -0.550. The van der Waals surface area contributed by atoms with E-state index in [1.54, 1.807) is 26.1 Å². The summed E-state index contributed by atoms with van der Waals surface area (Å²) in [6, 6.07) is 2.86. The smallest absolute Gasteiger partial charge is 0.323 e. The van der Waals surface area contributed by atoms with Crippen molar-refractivity contribution in [2.24, 2.45) is 0 Å². The first kappa shape index (κ1) is 16.4. The van der Waals surface area contributed by atoms with Gasteiger partial charge in [0.05, 0.1) is 0 Å². The minimum absolute atomic E-state index is 0. The van der Waals surface area contributed by atoms with Gasteiger partial charge in [0.15, 0.2) is 0 Å². The lowest BCUT2D eigenvalue weighted by Crippen LogP contribution is -2.32. The molecule has 4 nitrogen and oxygen atoms in total. The molecular formula is C10H13Cl3N2O2. The summed E-state index contributed by atoms with van der Waals surface area (Å²) in [4.78, 5) is 15.1. The highest BCUT2D eigenvalue weighted by molar-refractivity contribution is 6.32. The van der Waals surface area contributed by atoms with E-state index in [2.05, 4.69) is 10.3 Å². The van der Waals surface area contributed by atoms with Gasteiger partial charge in [0, 0.05) is 0 Å². The van der Waals surface area contributed by atoms with Crippen LogP contribution in [0, 0.1) is 0 Å². The summed E-state index contributed by atoms with van der Waals surface area (Å²) in [6.07, 6.45) is 0. The molecule has 0 unspecified atom stereocenters. The average Bonchev–Trinajstić information content (AvgIpc) is 2.23. The van der Waals surface area contributed by atoms with E-state index in [0.29, 0.717) is 5.56 Å². The molecule has 7 heteroatoms. The van der Waals surface area contributed by atoms with Gasteiger partial charge in [-0.25, -0.2) is 4.98 Å². The number of aromatic nitrogens is 1. The van der Waals surface area contributed by atoms with Gasteiger partial charge in [-0.1, -0.05) is 23.2 Å². The Morgan fingerprint density at radius 3 is 2.47 bits per heavy atom. The molecule has 96 valence electrons. The largest absolute Gasteiger partial charge is 0.460 e. The lowest BCUT2D eigenvalue weighted by Gasteiger charge is -2.10. The second-order valence-corrected chi connectivity index (χ2v) is 4.01. The van der Waals surface area contributed by atoms with Gasteiger partial charge in [0.2, 0.25) is 0 Å². The number of halogens is 3. The highest BCUT2D eigenvalue weighted by atomic mass is 35.5. The molecule has 0 aliphatic rings. The third-order valence-corrected chi connectivity index (χ3v) is 2.38. The van der Waals surface area contributed by atoms with Crippen LogP contribution in [-0.4, -0.2) is 24.0 Å². The molecule has 0 aliphatic heterocycles. The topological polar surface area (TPSA) is 51.2 Å². The van der Waals surface area contributed by atoms with E-state index < -0.39 is 0 Å². The number of pyridine rings is 1. The summed E-state index contributed by atoms with van der Waals surface area (Å²) >= 11 is 11.4. The van der Waals surface area contributed by atoms with Crippen molar-refractivity contribution in [2.45, 2.75) is 19.6 Å². The fraction of sp³-hybridized carbons (Fsp3) is 0.400. The Morgan fingerprint density at radius 1 is 1.47 bits per heavy atom. The molecule has 17 heavy (non-hydrogen) atoms. The van der Waals surface area contributed by atoms with Gasteiger partial charge in [-0.15, -0.1) is 12.4 Å². The molecule has 0 saturated heterocycles. The Balaban J connectivity index is 0.00000256. The van der Waals surface area contributed by atoms with E-state index in [9.17, 15) is 4.79 Å². The van der Waals surface area contributed by atoms with E-state index >= 15 is 0 Å². The molecule has 1 N–H and O–H groups in total. The number of rotatable bonds is 4. The zero-order valence-electron chi connectivity index (χ0n) is 9.37. The van der Waals surface area contributed by atoms with Gasteiger partial charge < -0.3 is 10.1 Å². The number of likely N-dealkylation sites (N-methyl/N-ethyl adjacent to an activating group) is 1.